The van der Waals surface area contributed by atoms with Gasteiger partial charge in [0.15, 0.2) is 4.96 Å². The fourth-order valence-corrected chi connectivity index (χ4v) is 2.75. The van der Waals surface area contributed by atoms with Crippen molar-refractivity contribution in [1.82, 2.24) is 9.38 Å². The molecule has 6 heteroatoms. The summed E-state index contributed by atoms with van der Waals surface area (Å²) in [5.41, 5.74) is 1.31. The molecule has 0 radical (unpaired) electrons. The van der Waals surface area contributed by atoms with Gasteiger partial charge in [0.05, 0.1) is 11.8 Å². The van der Waals surface area contributed by atoms with E-state index in [1.165, 1.54) is 15.7 Å². The molecule has 3 rings (SSSR count). The normalized spacial score (nSPS) is 10.9. The first-order valence-electron chi connectivity index (χ1n) is 5.11. The SMILES string of the molecule is O=c1cc(O)nc2scc(-c3ccc(Cl)cc3)n12. The molecule has 0 bridgehead atoms. The molecule has 0 atom stereocenters. The van der Waals surface area contributed by atoms with Crippen LogP contribution in [0.25, 0.3) is 16.2 Å². The predicted molar refractivity (Wildman–Crippen MR) is 71.4 cm³/mol. The van der Waals surface area contributed by atoms with Gasteiger partial charge < -0.3 is 5.11 Å². The molecule has 0 fully saturated rings. The van der Waals surface area contributed by atoms with Crippen molar-refractivity contribution in [2.75, 3.05) is 0 Å². The van der Waals surface area contributed by atoms with Gasteiger partial charge in [-0.3, -0.25) is 9.20 Å². The summed E-state index contributed by atoms with van der Waals surface area (Å²) in [6, 6.07) is 8.30. The molecule has 0 aliphatic carbocycles. The average Bonchev–Trinajstić information content (AvgIpc) is 2.74. The first-order valence-corrected chi connectivity index (χ1v) is 6.37. The standard InChI is InChI=1S/C12H7ClN2O2S/c13-8-3-1-7(2-4-8)9-6-18-12-14-10(16)5-11(17)15(9)12/h1-6,16H. The van der Waals surface area contributed by atoms with E-state index < -0.39 is 0 Å². The number of benzene rings is 1. The van der Waals surface area contributed by atoms with E-state index in [0.717, 1.165) is 17.3 Å². The molecule has 18 heavy (non-hydrogen) atoms. The second kappa shape index (κ2) is 4.12. The van der Waals surface area contributed by atoms with Gasteiger partial charge in [0, 0.05) is 10.4 Å². The van der Waals surface area contributed by atoms with Crippen molar-refractivity contribution in [3.63, 3.8) is 0 Å². The number of fused-ring (bicyclic) bond motifs is 1. The largest absolute Gasteiger partial charge is 0.493 e. The second-order valence-electron chi connectivity index (χ2n) is 3.70. The predicted octanol–water partition coefficient (Wildman–Crippen LogP) is 2.78. The van der Waals surface area contributed by atoms with Crippen LogP contribution in [0.5, 0.6) is 5.88 Å². The summed E-state index contributed by atoms with van der Waals surface area (Å²) >= 11 is 7.13. The van der Waals surface area contributed by atoms with E-state index >= 15 is 0 Å². The molecule has 3 aromatic rings. The molecule has 0 saturated carbocycles. The minimum absolute atomic E-state index is 0.260. The monoisotopic (exact) mass is 278 g/mol. The van der Waals surface area contributed by atoms with Gasteiger partial charge in [-0.1, -0.05) is 23.7 Å². The Morgan fingerprint density at radius 1 is 1.28 bits per heavy atom. The number of aromatic hydroxyl groups is 1. The molecular weight excluding hydrogens is 272 g/mol. The van der Waals surface area contributed by atoms with Gasteiger partial charge in [-0.15, -0.1) is 11.3 Å². The Kier molecular flexibility index (Phi) is 2.57. The molecule has 2 heterocycles. The van der Waals surface area contributed by atoms with Crippen LogP contribution in [0.2, 0.25) is 5.02 Å². The van der Waals surface area contributed by atoms with E-state index in [-0.39, 0.29) is 11.4 Å². The number of nitrogens with zero attached hydrogens (tertiary/aromatic N) is 2. The van der Waals surface area contributed by atoms with Crippen molar-refractivity contribution < 1.29 is 5.11 Å². The van der Waals surface area contributed by atoms with Gasteiger partial charge >= 0.3 is 0 Å². The van der Waals surface area contributed by atoms with E-state index in [0.29, 0.717) is 9.98 Å². The van der Waals surface area contributed by atoms with Crippen molar-refractivity contribution >= 4 is 27.9 Å². The van der Waals surface area contributed by atoms with Gasteiger partial charge in [0.2, 0.25) is 5.88 Å². The van der Waals surface area contributed by atoms with Crippen LogP contribution >= 0.6 is 22.9 Å². The van der Waals surface area contributed by atoms with Crippen LogP contribution in [0.4, 0.5) is 0 Å². The molecule has 0 amide bonds. The molecule has 0 aliphatic heterocycles. The van der Waals surface area contributed by atoms with E-state index in [1.54, 1.807) is 12.1 Å². The average molecular weight is 279 g/mol. The highest BCUT2D eigenvalue weighted by Gasteiger charge is 2.10. The van der Waals surface area contributed by atoms with E-state index in [1.807, 2.05) is 17.5 Å². The van der Waals surface area contributed by atoms with Crippen molar-refractivity contribution in [2.24, 2.45) is 0 Å². The minimum atomic E-state index is -0.302. The molecule has 1 N–H and O–H groups in total. The van der Waals surface area contributed by atoms with Crippen LogP contribution in [-0.2, 0) is 0 Å². The molecule has 90 valence electrons. The molecule has 1 aromatic carbocycles. The molecule has 4 nitrogen and oxygen atoms in total. The zero-order chi connectivity index (χ0) is 12.7. The van der Waals surface area contributed by atoms with Crippen LogP contribution in [0.1, 0.15) is 0 Å². The van der Waals surface area contributed by atoms with Crippen molar-refractivity contribution in [3.8, 4) is 17.1 Å². The lowest BCUT2D eigenvalue weighted by Crippen LogP contribution is -2.12. The number of thiazole rings is 1. The Labute approximate surface area is 111 Å². The lowest BCUT2D eigenvalue weighted by Gasteiger charge is -2.01. The smallest absolute Gasteiger partial charge is 0.262 e. The van der Waals surface area contributed by atoms with Crippen LogP contribution in [0.15, 0.2) is 40.5 Å². The molecule has 0 saturated heterocycles. The van der Waals surface area contributed by atoms with Crippen LogP contribution < -0.4 is 5.56 Å². The number of hydrogen-bond acceptors (Lipinski definition) is 4. The minimum Gasteiger partial charge on any atom is -0.493 e. The molecular formula is C12H7ClN2O2S. The van der Waals surface area contributed by atoms with E-state index in [2.05, 4.69) is 4.98 Å². The Hall–Kier alpha value is -1.85. The third kappa shape index (κ3) is 1.77. The summed E-state index contributed by atoms with van der Waals surface area (Å²) in [4.78, 5) is 16.2. The fraction of sp³-hybridized carbons (Fsp3) is 0. The maximum atomic E-state index is 11.9. The summed E-state index contributed by atoms with van der Waals surface area (Å²) in [5, 5.41) is 11.8. The van der Waals surface area contributed by atoms with E-state index in [4.69, 9.17) is 11.6 Å². The third-order valence-electron chi connectivity index (χ3n) is 2.53. The number of aromatic nitrogens is 2. The Bertz CT molecular complexity index is 777. The number of rotatable bonds is 1. The van der Waals surface area contributed by atoms with Gasteiger partial charge in [-0.05, 0) is 17.7 Å². The van der Waals surface area contributed by atoms with Crippen molar-refractivity contribution in [1.29, 1.82) is 0 Å². The summed E-state index contributed by atoms with van der Waals surface area (Å²) < 4.78 is 1.47. The fourth-order valence-electron chi connectivity index (χ4n) is 1.73. The Morgan fingerprint density at radius 2 is 2.00 bits per heavy atom. The second-order valence-corrected chi connectivity index (χ2v) is 4.97. The van der Waals surface area contributed by atoms with Crippen LogP contribution in [-0.4, -0.2) is 14.5 Å². The van der Waals surface area contributed by atoms with Crippen molar-refractivity contribution in [3.05, 3.63) is 51.1 Å². The summed E-state index contributed by atoms with van der Waals surface area (Å²) in [6.07, 6.45) is 0. The molecule has 0 aliphatic rings. The molecule has 0 spiro atoms. The summed E-state index contributed by atoms with van der Waals surface area (Å²) in [6.45, 7) is 0. The lowest BCUT2D eigenvalue weighted by atomic mass is 10.2. The quantitative estimate of drug-likeness (QED) is 0.745. The maximum absolute atomic E-state index is 11.9. The van der Waals surface area contributed by atoms with Gasteiger partial charge in [-0.2, -0.15) is 4.98 Å². The topological polar surface area (TPSA) is 54.6 Å². The zero-order valence-corrected chi connectivity index (χ0v) is 10.6. The summed E-state index contributed by atoms with van der Waals surface area (Å²) in [5.74, 6) is -0.260. The summed E-state index contributed by atoms with van der Waals surface area (Å²) in [7, 11) is 0. The Balaban J connectivity index is 2.30. The lowest BCUT2D eigenvalue weighted by molar-refractivity contribution is 0.453. The first-order chi connectivity index (χ1) is 8.65. The molecule has 2 aromatic heterocycles. The van der Waals surface area contributed by atoms with Crippen LogP contribution in [0.3, 0.4) is 0 Å². The number of hydrogen-bond donors (Lipinski definition) is 1. The highest BCUT2D eigenvalue weighted by atomic mass is 35.5. The Morgan fingerprint density at radius 3 is 2.72 bits per heavy atom. The van der Waals surface area contributed by atoms with Gasteiger partial charge in [0.1, 0.15) is 0 Å². The highest BCUT2D eigenvalue weighted by molar-refractivity contribution is 7.15. The van der Waals surface area contributed by atoms with E-state index in [9.17, 15) is 9.90 Å². The van der Waals surface area contributed by atoms with Crippen molar-refractivity contribution in [2.45, 2.75) is 0 Å². The zero-order valence-electron chi connectivity index (χ0n) is 9.00. The third-order valence-corrected chi connectivity index (χ3v) is 3.61. The van der Waals surface area contributed by atoms with Crippen LogP contribution in [0, 0.1) is 0 Å². The highest BCUT2D eigenvalue weighted by Crippen LogP contribution is 2.25. The first kappa shape index (κ1) is 11.3. The van der Waals surface area contributed by atoms with Gasteiger partial charge in [0.25, 0.3) is 5.56 Å². The maximum Gasteiger partial charge on any atom is 0.262 e. The number of halogens is 1. The molecule has 0 unspecified atom stereocenters. The van der Waals surface area contributed by atoms with Gasteiger partial charge in [-0.25, -0.2) is 0 Å².